The van der Waals surface area contributed by atoms with Gasteiger partial charge in [-0.2, -0.15) is 0 Å². The number of hydrogen-bond acceptors (Lipinski definition) is 2. The standard InChI is InChI=1S/C14H14N2O/c1-10(2)16-12-7-4-3-6-11(12)15-14(16)13-8-5-9-17-13/h3-10H,1-2H3. The van der Waals surface area contributed by atoms with E-state index in [9.17, 15) is 0 Å². The van der Waals surface area contributed by atoms with Gasteiger partial charge in [0.05, 0.1) is 17.3 Å². The number of para-hydroxylation sites is 2. The van der Waals surface area contributed by atoms with Gasteiger partial charge in [0.1, 0.15) is 0 Å². The Labute approximate surface area is 99.7 Å². The van der Waals surface area contributed by atoms with Crippen molar-refractivity contribution in [1.82, 2.24) is 9.55 Å². The van der Waals surface area contributed by atoms with Crippen molar-refractivity contribution in [3.05, 3.63) is 42.7 Å². The molecule has 0 fully saturated rings. The fourth-order valence-corrected chi connectivity index (χ4v) is 2.15. The molecule has 0 aliphatic carbocycles. The molecule has 0 saturated carbocycles. The van der Waals surface area contributed by atoms with Crippen molar-refractivity contribution in [3.63, 3.8) is 0 Å². The largest absolute Gasteiger partial charge is 0.461 e. The van der Waals surface area contributed by atoms with Crippen molar-refractivity contribution in [3.8, 4) is 11.6 Å². The molecule has 86 valence electrons. The van der Waals surface area contributed by atoms with Gasteiger partial charge in [-0.3, -0.25) is 0 Å². The second-order valence-electron chi connectivity index (χ2n) is 4.37. The van der Waals surface area contributed by atoms with Crippen molar-refractivity contribution in [2.45, 2.75) is 19.9 Å². The average Bonchev–Trinajstić information content (AvgIpc) is 2.95. The minimum absolute atomic E-state index is 0.350. The van der Waals surface area contributed by atoms with Crippen LogP contribution in [0.5, 0.6) is 0 Å². The van der Waals surface area contributed by atoms with Gasteiger partial charge < -0.3 is 8.98 Å². The lowest BCUT2D eigenvalue weighted by Gasteiger charge is -2.11. The molecule has 0 bridgehead atoms. The summed E-state index contributed by atoms with van der Waals surface area (Å²) in [5.41, 5.74) is 2.15. The van der Waals surface area contributed by atoms with E-state index < -0.39 is 0 Å². The molecule has 3 nitrogen and oxygen atoms in total. The molecule has 0 unspecified atom stereocenters. The minimum atomic E-state index is 0.350. The molecule has 0 aliphatic heterocycles. The van der Waals surface area contributed by atoms with E-state index in [0.29, 0.717) is 6.04 Å². The highest BCUT2D eigenvalue weighted by Crippen LogP contribution is 2.28. The first-order chi connectivity index (χ1) is 8.27. The van der Waals surface area contributed by atoms with Crippen molar-refractivity contribution < 1.29 is 4.42 Å². The summed E-state index contributed by atoms with van der Waals surface area (Å²) < 4.78 is 7.66. The highest BCUT2D eigenvalue weighted by Gasteiger charge is 2.15. The van der Waals surface area contributed by atoms with Crippen molar-refractivity contribution in [2.24, 2.45) is 0 Å². The Hall–Kier alpha value is -2.03. The Balaban J connectivity index is 2.34. The Morgan fingerprint density at radius 2 is 1.94 bits per heavy atom. The van der Waals surface area contributed by atoms with Crippen molar-refractivity contribution >= 4 is 11.0 Å². The van der Waals surface area contributed by atoms with Crippen LogP contribution < -0.4 is 0 Å². The third-order valence-corrected chi connectivity index (χ3v) is 2.85. The highest BCUT2D eigenvalue weighted by molar-refractivity contribution is 5.79. The number of nitrogens with zero attached hydrogens (tertiary/aromatic N) is 2. The molecule has 0 saturated heterocycles. The lowest BCUT2D eigenvalue weighted by Crippen LogP contribution is -2.02. The molecule has 0 atom stereocenters. The van der Waals surface area contributed by atoms with Gasteiger partial charge in [-0.25, -0.2) is 4.98 Å². The Morgan fingerprint density at radius 1 is 1.12 bits per heavy atom. The van der Waals surface area contributed by atoms with Crippen molar-refractivity contribution in [2.75, 3.05) is 0 Å². The van der Waals surface area contributed by atoms with Crippen LogP contribution in [0.1, 0.15) is 19.9 Å². The number of hydrogen-bond donors (Lipinski definition) is 0. The van der Waals surface area contributed by atoms with E-state index in [-0.39, 0.29) is 0 Å². The van der Waals surface area contributed by atoms with E-state index in [2.05, 4.69) is 29.5 Å². The van der Waals surface area contributed by atoms with Crippen LogP contribution in [0.15, 0.2) is 47.1 Å². The molecule has 2 aromatic heterocycles. The fraction of sp³-hybridized carbons (Fsp3) is 0.214. The van der Waals surface area contributed by atoms with Gasteiger partial charge in [0.15, 0.2) is 11.6 Å². The lowest BCUT2D eigenvalue weighted by molar-refractivity contribution is 0.557. The summed E-state index contributed by atoms with van der Waals surface area (Å²) in [6.45, 7) is 4.31. The molecule has 0 N–H and O–H groups in total. The van der Waals surface area contributed by atoms with E-state index in [1.165, 1.54) is 0 Å². The van der Waals surface area contributed by atoms with E-state index in [0.717, 1.165) is 22.6 Å². The Kier molecular flexibility index (Phi) is 2.25. The van der Waals surface area contributed by atoms with Crippen LogP contribution in [0.2, 0.25) is 0 Å². The van der Waals surface area contributed by atoms with Gasteiger partial charge >= 0.3 is 0 Å². The van der Waals surface area contributed by atoms with Gasteiger partial charge in [-0.1, -0.05) is 12.1 Å². The van der Waals surface area contributed by atoms with Crippen LogP contribution in [0.3, 0.4) is 0 Å². The summed E-state index contributed by atoms with van der Waals surface area (Å²) in [5, 5.41) is 0. The molecular weight excluding hydrogens is 212 g/mol. The molecule has 0 radical (unpaired) electrons. The zero-order valence-corrected chi connectivity index (χ0v) is 9.92. The molecule has 0 aliphatic rings. The summed E-state index contributed by atoms with van der Waals surface area (Å²) in [4.78, 5) is 4.65. The summed E-state index contributed by atoms with van der Waals surface area (Å²) in [6, 6.07) is 12.3. The van der Waals surface area contributed by atoms with Crippen LogP contribution in [0.25, 0.3) is 22.6 Å². The molecule has 0 spiro atoms. The lowest BCUT2D eigenvalue weighted by atomic mass is 10.3. The minimum Gasteiger partial charge on any atom is -0.461 e. The molecular formula is C14H14N2O. The normalized spacial score (nSPS) is 11.5. The van der Waals surface area contributed by atoms with Gasteiger partial charge in [0.2, 0.25) is 0 Å². The third-order valence-electron chi connectivity index (χ3n) is 2.85. The van der Waals surface area contributed by atoms with Gasteiger partial charge in [0.25, 0.3) is 0 Å². The van der Waals surface area contributed by atoms with E-state index >= 15 is 0 Å². The van der Waals surface area contributed by atoms with Crippen LogP contribution >= 0.6 is 0 Å². The van der Waals surface area contributed by atoms with E-state index in [1.54, 1.807) is 6.26 Å². The fourth-order valence-electron chi connectivity index (χ4n) is 2.15. The predicted molar refractivity (Wildman–Crippen MR) is 67.8 cm³/mol. The van der Waals surface area contributed by atoms with Gasteiger partial charge in [-0.15, -0.1) is 0 Å². The number of rotatable bonds is 2. The maximum absolute atomic E-state index is 5.46. The molecule has 3 aromatic rings. The molecule has 17 heavy (non-hydrogen) atoms. The van der Waals surface area contributed by atoms with Crippen LogP contribution in [0, 0.1) is 0 Å². The van der Waals surface area contributed by atoms with Crippen LogP contribution in [0.4, 0.5) is 0 Å². The first kappa shape index (κ1) is 10.1. The second kappa shape index (κ2) is 3.77. The summed E-state index contributed by atoms with van der Waals surface area (Å²) in [5.74, 6) is 1.71. The second-order valence-corrected chi connectivity index (χ2v) is 4.37. The smallest absolute Gasteiger partial charge is 0.177 e. The van der Waals surface area contributed by atoms with Crippen LogP contribution in [-0.4, -0.2) is 9.55 Å². The number of fused-ring (bicyclic) bond motifs is 1. The quantitative estimate of drug-likeness (QED) is 0.664. The first-order valence-corrected chi connectivity index (χ1v) is 5.78. The number of benzene rings is 1. The SMILES string of the molecule is CC(C)n1c(-c2ccco2)nc2ccccc21. The Bertz CT molecular complexity index is 635. The molecule has 3 heteroatoms. The predicted octanol–water partition coefficient (Wildman–Crippen LogP) is 3.88. The van der Waals surface area contributed by atoms with Gasteiger partial charge in [-0.05, 0) is 38.1 Å². The maximum atomic E-state index is 5.46. The molecule has 3 rings (SSSR count). The van der Waals surface area contributed by atoms with E-state index in [4.69, 9.17) is 4.42 Å². The molecule has 1 aromatic carbocycles. The zero-order chi connectivity index (χ0) is 11.8. The third kappa shape index (κ3) is 1.55. The number of imidazole rings is 1. The highest BCUT2D eigenvalue weighted by atomic mass is 16.3. The number of furan rings is 1. The van der Waals surface area contributed by atoms with E-state index in [1.807, 2.05) is 30.3 Å². The number of aromatic nitrogens is 2. The zero-order valence-electron chi connectivity index (χ0n) is 9.92. The average molecular weight is 226 g/mol. The summed E-state index contributed by atoms with van der Waals surface area (Å²) >= 11 is 0. The summed E-state index contributed by atoms with van der Waals surface area (Å²) in [7, 11) is 0. The topological polar surface area (TPSA) is 31.0 Å². The maximum Gasteiger partial charge on any atom is 0.177 e. The monoisotopic (exact) mass is 226 g/mol. The van der Waals surface area contributed by atoms with Crippen molar-refractivity contribution in [1.29, 1.82) is 0 Å². The van der Waals surface area contributed by atoms with Gasteiger partial charge in [0, 0.05) is 6.04 Å². The van der Waals surface area contributed by atoms with Crippen LogP contribution in [-0.2, 0) is 0 Å². The first-order valence-electron chi connectivity index (χ1n) is 5.78. The Morgan fingerprint density at radius 3 is 2.65 bits per heavy atom. The molecule has 2 heterocycles. The molecule has 0 amide bonds. The summed E-state index contributed by atoms with van der Waals surface area (Å²) in [6.07, 6.45) is 1.68.